The van der Waals surface area contributed by atoms with E-state index in [9.17, 15) is 14.4 Å². The van der Waals surface area contributed by atoms with E-state index in [-0.39, 0.29) is 18.5 Å². The number of carbonyl (C=O) groups excluding carboxylic acids is 3. The Kier molecular flexibility index (Phi) is 5.86. The number of hydrogen-bond donors (Lipinski definition) is 0. The number of nitrogens with zero attached hydrogens (tertiary/aromatic N) is 4. The highest BCUT2D eigenvalue weighted by molar-refractivity contribution is 6.52. The molecule has 35 heavy (non-hydrogen) atoms. The van der Waals surface area contributed by atoms with Gasteiger partial charge in [0.15, 0.2) is 0 Å². The van der Waals surface area contributed by atoms with Crippen LogP contribution in [0.15, 0.2) is 77.9 Å². The molecule has 0 saturated carbocycles. The highest BCUT2D eigenvalue weighted by atomic mass is 35.5. The molecule has 5 rings (SSSR count). The van der Waals surface area contributed by atoms with Crippen LogP contribution in [0.3, 0.4) is 0 Å². The fourth-order valence-electron chi connectivity index (χ4n) is 4.47. The molecule has 176 valence electrons. The summed E-state index contributed by atoms with van der Waals surface area (Å²) in [7, 11) is 3.93. The van der Waals surface area contributed by atoms with E-state index in [2.05, 4.69) is 5.10 Å². The molecular formula is C27H23ClN4O3. The second-order valence-electron chi connectivity index (χ2n) is 8.71. The van der Waals surface area contributed by atoms with Gasteiger partial charge in [0.25, 0.3) is 17.6 Å². The Morgan fingerprint density at radius 1 is 0.971 bits per heavy atom. The van der Waals surface area contributed by atoms with Crippen molar-refractivity contribution in [3.8, 4) is 0 Å². The molecule has 0 spiro atoms. The van der Waals surface area contributed by atoms with E-state index in [1.54, 1.807) is 30.3 Å². The van der Waals surface area contributed by atoms with Gasteiger partial charge in [0.05, 0.1) is 23.0 Å². The molecule has 0 bridgehead atoms. The van der Waals surface area contributed by atoms with Crippen molar-refractivity contribution in [3.05, 3.63) is 94.5 Å². The number of hydrogen-bond acceptors (Lipinski definition) is 5. The molecule has 0 aromatic heterocycles. The van der Waals surface area contributed by atoms with Crippen molar-refractivity contribution in [3.63, 3.8) is 0 Å². The molecule has 0 aliphatic carbocycles. The number of fused-ring (bicyclic) bond motifs is 1. The van der Waals surface area contributed by atoms with Crippen molar-refractivity contribution in [1.29, 1.82) is 0 Å². The minimum Gasteiger partial charge on any atom is -0.378 e. The van der Waals surface area contributed by atoms with Gasteiger partial charge in [-0.25, -0.2) is 5.01 Å². The molecule has 3 aromatic rings. The van der Waals surface area contributed by atoms with E-state index in [0.29, 0.717) is 28.4 Å². The van der Waals surface area contributed by atoms with E-state index >= 15 is 0 Å². The molecule has 2 aliphatic rings. The van der Waals surface area contributed by atoms with Gasteiger partial charge >= 0.3 is 0 Å². The Bertz CT molecular complexity index is 1370. The summed E-state index contributed by atoms with van der Waals surface area (Å²) in [6, 6.07) is 21.7. The lowest BCUT2D eigenvalue weighted by molar-refractivity contribution is -0.132. The number of carbonyl (C=O) groups is 3. The number of para-hydroxylation sites is 1. The summed E-state index contributed by atoms with van der Waals surface area (Å²) < 4.78 is 0. The lowest BCUT2D eigenvalue weighted by Gasteiger charge is -2.25. The quantitative estimate of drug-likeness (QED) is 0.504. The van der Waals surface area contributed by atoms with E-state index in [0.717, 1.165) is 16.8 Å². The first-order chi connectivity index (χ1) is 16.8. The maximum absolute atomic E-state index is 13.6. The molecular weight excluding hydrogens is 464 g/mol. The molecule has 8 heteroatoms. The van der Waals surface area contributed by atoms with E-state index in [1.165, 1.54) is 9.91 Å². The molecule has 0 radical (unpaired) electrons. The highest BCUT2D eigenvalue weighted by Gasteiger charge is 2.40. The van der Waals surface area contributed by atoms with Gasteiger partial charge in [-0.2, -0.15) is 5.10 Å². The molecule has 1 unspecified atom stereocenters. The summed E-state index contributed by atoms with van der Waals surface area (Å²) in [4.78, 5) is 41.8. The van der Waals surface area contributed by atoms with Crippen LogP contribution in [0.2, 0.25) is 5.02 Å². The van der Waals surface area contributed by atoms with Gasteiger partial charge < -0.3 is 4.90 Å². The topological polar surface area (TPSA) is 73.3 Å². The second-order valence-corrected chi connectivity index (χ2v) is 9.12. The van der Waals surface area contributed by atoms with Gasteiger partial charge in [0.2, 0.25) is 0 Å². The normalized spacial score (nSPS) is 17.0. The molecule has 2 heterocycles. The minimum absolute atomic E-state index is 0.285. The van der Waals surface area contributed by atoms with Crippen molar-refractivity contribution in [2.45, 2.75) is 12.5 Å². The standard InChI is InChI=1S/C27H23ClN4O3/c1-30(2)18-13-11-17(12-14-18)24-15-22(19-7-3-5-9-21(19)28)29-32(24)25(33)16-31-23-10-6-4-8-20(23)26(34)27(31)35/h3-14,24H,15-16H2,1-2H3. The van der Waals surface area contributed by atoms with Gasteiger partial charge in [0, 0.05) is 36.8 Å². The largest absolute Gasteiger partial charge is 0.378 e. The van der Waals surface area contributed by atoms with Crippen LogP contribution >= 0.6 is 11.6 Å². The lowest BCUT2D eigenvalue weighted by atomic mass is 9.98. The molecule has 3 aromatic carbocycles. The maximum Gasteiger partial charge on any atom is 0.299 e. The van der Waals surface area contributed by atoms with Crippen LogP contribution in [0.5, 0.6) is 0 Å². The van der Waals surface area contributed by atoms with Crippen molar-refractivity contribution in [2.24, 2.45) is 5.10 Å². The summed E-state index contributed by atoms with van der Waals surface area (Å²) in [6.45, 7) is -0.285. The zero-order valence-electron chi connectivity index (χ0n) is 19.3. The van der Waals surface area contributed by atoms with Crippen molar-refractivity contribution >= 4 is 46.3 Å². The molecule has 0 fully saturated rings. The fourth-order valence-corrected chi connectivity index (χ4v) is 4.71. The third-order valence-electron chi connectivity index (χ3n) is 6.32. The Hall–Kier alpha value is -3.97. The van der Waals surface area contributed by atoms with Crippen LogP contribution in [0.25, 0.3) is 0 Å². The van der Waals surface area contributed by atoms with Crippen molar-refractivity contribution < 1.29 is 14.4 Å². The fraction of sp³-hybridized carbons (Fsp3) is 0.185. The molecule has 2 amide bonds. The zero-order valence-corrected chi connectivity index (χ0v) is 20.1. The Balaban J connectivity index is 1.49. The predicted molar refractivity (Wildman–Crippen MR) is 136 cm³/mol. The zero-order chi connectivity index (χ0) is 24.7. The van der Waals surface area contributed by atoms with Crippen LogP contribution < -0.4 is 9.80 Å². The average Bonchev–Trinajstić information content (AvgIpc) is 3.41. The highest BCUT2D eigenvalue weighted by Crippen LogP contribution is 2.36. The van der Waals surface area contributed by atoms with Gasteiger partial charge in [-0.3, -0.25) is 19.3 Å². The van der Waals surface area contributed by atoms with Crippen LogP contribution in [0, 0.1) is 0 Å². The molecule has 0 N–H and O–H groups in total. The number of rotatable bonds is 5. The average molecular weight is 487 g/mol. The first-order valence-electron chi connectivity index (χ1n) is 11.2. The SMILES string of the molecule is CN(C)c1ccc(C2CC(c3ccccc3Cl)=NN2C(=O)CN2C(=O)C(=O)c3ccccc32)cc1. The number of amides is 2. The molecule has 7 nitrogen and oxygen atoms in total. The summed E-state index contributed by atoms with van der Waals surface area (Å²) >= 11 is 6.43. The van der Waals surface area contributed by atoms with Gasteiger partial charge in [-0.05, 0) is 35.9 Å². The maximum atomic E-state index is 13.6. The van der Waals surface area contributed by atoms with E-state index in [4.69, 9.17) is 11.6 Å². The van der Waals surface area contributed by atoms with Crippen LogP contribution in [-0.4, -0.2) is 49.0 Å². The number of anilines is 2. The molecule has 1 atom stereocenters. The third kappa shape index (κ3) is 4.08. The Labute approximate surface area is 208 Å². The Morgan fingerprint density at radius 3 is 2.31 bits per heavy atom. The van der Waals surface area contributed by atoms with E-state index in [1.807, 2.05) is 61.5 Å². The third-order valence-corrected chi connectivity index (χ3v) is 6.65. The number of Topliss-reactive ketones (excluding diaryl/α,β-unsaturated/α-hetero) is 1. The molecule has 0 saturated heterocycles. The summed E-state index contributed by atoms with van der Waals surface area (Å²) in [5.74, 6) is -1.70. The van der Waals surface area contributed by atoms with Crippen LogP contribution in [0.4, 0.5) is 11.4 Å². The minimum atomic E-state index is -0.707. The van der Waals surface area contributed by atoms with Gasteiger partial charge in [-0.1, -0.05) is 54.1 Å². The molecule has 2 aliphatic heterocycles. The number of hydrazone groups is 1. The number of benzene rings is 3. The summed E-state index contributed by atoms with van der Waals surface area (Å²) in [5, 5.41) is 6.63. The van der Waals surface area contributed by atoms with Crippen LogP contribution in [-0.2, 0) is 9.59 Å². The summed E-state index contributed by atoms with van der Waals surface area (Å²) in [5.41, 5.74) is 4.15. The van der Waals surface area contributed by atoms with E-state index < -0.39 is 11.7 Å². The predicted octanol–water partition coefficient (Wildman–Crippen LogP) is 4.31. The first-order valence-corrected chi connectivity index (χ1v) is 11.6. The van der Waals surface area contributed by atoms with Crippen LogP contribution in [0.1, 0.15) is 33.9 Å². The van der Waals surface area contributed by atoms with Gasteiger partial charge in [0.1, 0.15) is 6.54 Å². The summed E-state index contributed by atoms with van der Waals surface area (Å²) in [6.07, 6.45) is 0.472. The van der Waals surface area contributed by atoms with Crippen molar-refractivity contribution in [2.75, 3.05) is 30.4 Å². The Morgan fingerprint density at radius 2 is 1.63 bits per heavy atom. The monoisotopic (exact) mass is 486 g/mol. The lowest BCUT2D eigenvalue weighted by Crippen LogP contribution is -2.40. The number of ketones is 1. The number of halogens is 1. The first kappa shape index (κ1) is 22.8. The van der Waals surface area contributed by atoms with Gasteiger partial charge in [-0.15, -0.1) is 0 Å². The second kappa shape index (κ2) is 9.00. The van der Waals surface area contributed by atoms with Crippen molar-refractivity contribution in [1.82, 2.24) is 5.01 Å². The smallest absolute Gasteiger partial charge is 0.299 e.